The number of ether oxygens (including phenoxy) is 2. The number of hydrogen-bond donors (Lipinski definition) is 1. The Morgan fingerprint density at radius 3 is 2.12 bits per heavy atom. The van der Waals surface area contributed by atoms with Crippen LogP contribution in [-0.4, -0.2) is 58.0 Å². The Morgan fingerprint density at radius 1 is 0.902 bits per heavy atom. The van der Waals surface area contributed by atoms with E-state index < -0.39 is 28.5 Å². The quantitative estimate of drug-likeness (QED) is 0.342. The van der Waals surface area contributed by atoms with E-state index in [4.69, 9.17) is 9.47 Å². The third kappa shape index (κ3) is 7.18. The summed E-state index contributed by atoms with van der Waals surface area (Å²) in [6.07, 6.45) is 3.94. The highest BCUT2D eigenvalue weighted by atomic mass is 32.2. The molecular formula is C31H37N3O6S. The van der Waals surface area contributed by atoms with Crippen LogP contribution in [0.2, 0.25) is 0 Å². The SMILES string of the molecule is COc1ccc(N(CC(=O)N(Cc2ccccc2)[C@H](C)C(=O)NC2CCCC2)S(=O)(=O)c2ccccc2)cc1OC. The normalized spacial score (nSPS) is 14.2. The van der Waals surface area contributed by atoms with Crippen LogP contribution in [0.1, 0.15) is 38.2 Å². The summed E-state index contributed by atoms with van der Waals surface area (Å²) in [5, 5.41) is 3.07. The standard InChI is InChI=1S/C31H37N3O6S/c1-23(31(36)32-25-14-10-11-15-25)33(21-24-12-6-4-7-13-24)30(35)22-34(41(37,38)27-16-8-5-9-17-27)26-18-19-28(39-2)29(20-26)40-3/h4-9,12-13,16-20,23,25H,10-11,14-15,21-22H2,1-3H3,(H,32,36)/t23-/m1/s1. The molecule has 1 N–H and O–H groups in total. The molecule has 0 saturated heterocycles. The van der Waals surface area contributed by atoms with Crippen molar-refractivity contribution < 1.29 is 27.5 Å². The predicted octanol–water partition coefficient (Wildman–Crippen LogP) is 4.38. The van der Waals surface area contributed by atoms with E-state index in [2.05, 4.69) is 5.32 Å². The lowest BCUT2D eigenvalue weighted by molar-refractivity contribution is -0.139. The molecule has 0 spiro atoms. The van der Waals surface area contributed by atoms with Crippen LogP contribution in [0.25, 0.3) is 0 Å². The lowest BCUT2D eigenvalue weighted by atomic mass is 10.1. The molecule has 0 unspecified atom stereocenters. The monoisotopic (exact) mass is 579 g/mol. The van der Waals surface area contributed by atoms with Gasteiger partial charge in [0.2, 0.25) is 11.8 Å². The highest BCUT2D eigenvalue weighted by Crippen LogP contribution is 2.34. The second kappa shape index (κ2) is 13.5. The lowest BCUT2D eigenvalue weighted by Gasteiger charge is -2.32. The maximum atomic E-state index is 14.1. The summed E-state index contributed by atoms with van der Waals surface area (Å²) in [5.74, 6) is -0.0410. The van der Waals surface area contributed by atoms with Crippen molar-refractivity contribution in [3.8, 4) is 11.5 Å². The van der Waals surface area contributed by atoms with Crippen molar-refractivity contribution >= 4 is 27.5 Å². The van der Waals surface area contributed by atoms with Crippen LogP contribution in [0.15, 0.2) is 83.8 Å². The minimum absolute atomic E-state index is 0.0317. The fraction of sp³-hybridized carbons (Fsp3) is 0.355. The average molecular weight is 580 g/mol. The Kier molecular flexibility index (Phi) is 9.88. The molecule has 4 rings (SSSR count). The Balaban J connectivity index is 1.71. The van der Waals surface area contributed by atoms with Gasteiger partial charge in [-0.25, -0.2) is 8.42 Å². The number of benzene rings is 3. The van der Waals surface area contributed by atoms with Gasteiger partial charge >= 0.3 is 0 Å². The number of carbonyl (C=O) groups excluding carboxylic acids is 2. The van der Waals surface area contributed by atoms with E-state index in [0.29, 0.717) is 11.5 Å². The number of anilines is 1. The van der Waals surface area contributed by atoms with Gasteiger partial charge in [0.05, 0.1) is 24.8 Å². The van der Waals surface area contributed by atoms with Gasteiger partial charge in [-0.3, -0.25) is 13.9 Å². The summed E-state index contributed by atoms with van der Waals surface area (Å²) >= 11 is 0. The number of methoxy groups -OCH3 is 2. The minimum atomic E-state index is -4.18. The minimum Gasteiger partial charge on any atom is -0.493 e. The maximum absolute atomic E-state index is 14.1. The Bertz CT molecular complexity index is 1430. The van der Waals surface area contributed by atoms with E-state index in [0.717, 1.165) is 35.6 Å². The predicted molar refractivity (Wildman–Crippen MR) is 157 cm³/mol. The molecule has 2 amide bonds. The first-order chi connectivity index (χ1) is 19.7. The van der Waals surface area contributed by atoms with Gasteiger partial charge in [-0.2, -0.15) is 0 Å². The molecule has 1 atom stereocenters. The molecule has 0 aromatic heterocycles. The van der Waals surface area contributed by atoms with Crippen LogP contribution < -0.4 is 19.1 Å². The maximum Gasteiger partial charge on any atom is 0.264 e. The number of rotatable bonds is 12. The van der Waals surface area contributed by atoms with Crippen molar-refractivity contribution in [3.63, 3.8) is 0 Å². The van der Waals surface area contributed by atoms with Crippen molar-refractivity contribution in [2.75, 3.05) is 25.1 Å². The number of hydrogen-bond acceptors (Lipinski definition) is 6. The van der Waals surface area contributed by atoms with Gasteiger partial charge in [-0.05, 0) is 49.6 Å². The van der Waals surface area contributed by atoms with Gasteiger partial charge in [-0.15, -0.1) is 0 Å². The molecule has 41 heavy (non-hydrogen) atoms. The first kappa shape index (κ1) is 29.9. The summed E-state index contributed by atoms with van der Waals surface area (Å²) < 4.78 is 39.7. The van der Waals surface area contributed by atoms with E-state index in [1.54, 1.807) is 37.3 Å². The number of carbonyl (C=O) groups is 2. The number of amides is 2. The summed E-state index contributed by atoms with van der Waals surface area (Å²) in [7, 11) is -1.24. The highest BCUT2D eigenvalue weighted by Gasteiger charge is 2.33. The summed E-state index contributed by atoms with van der Waals surface area (Å²) in [6.45, 7) is 1.29. The fourth-order valence-corrected chi connectivity index (χ4v) is 6.41. The van der Waals surface area contributed by atoms with E-state index in [9.17, 15) is 18.0 Å². The summed E-state index contributed by atoms with van der Waals surface area (Å²) in [5.41, 5.74) is 1.05. The molecule has 1 fully saturated rings. The van der Waals surface area contributed by atoms with Crippen molar-refractivity contribution in [2.45, 2.75) is 56.1 Å². The molecule has 10 heteroatoms. The molecule has 9 nitrogen and oxygen atoms in total. The first-order valence-corrected chi connectivity index (χ1v) is 15.1. The largest absolute Gasteiger partial charge is 0.493 e. The molecule has 0 bridgehead atoms. The molecule has 1 aliphatic carbocycles. The van der Waals surface area contributed by atoms with Gasteiger partial charge in [-0.1, -0.05) is 61.4 Å². The van der Waals surface area contributed by atoms with Crippen LogP contribution in [0.4, 0.5) is 5.69 Å². The number of sulfonamides is 1. The zero-order chi connectivity index (χ0) is 29.4. The molecule has 3 aromatic carbocycles. The molecular weight excluding hydrogens is 542 g/mol. The van der Waals surface area contributed by atoms with Crippen LogP contribution >= 0.6 is 0 Å². The van der Waals surface area contributed by atoms with E-state index >= 15 is 0 Å². The Hall–Kier alpha value is -4.05. The van der Waals surface area contributed by atoms with E-state index in [1.165, 1.54) is 37.3 Å². The van der Waals surface area contributed by atoms with Crippen LogP contribution in [-0.2, 0) is 26.2 Å². The molecule has 1 saturated carbocycles. The molecule has 1 aliphatic rings. The van der Waals surface area contributed by atoms with Gasteiger partial charge < -0.3 is 19.7 Å². The highest BCUT2D eigenvalue weighted by molar-refractivity contribution is 7.92. The van der Waals surface area contributed by atoms with Crippen LogP contribution in [0, 0.1) is 0 Å². The van der Waals surface area contributed by atoms with Gasteiger partial charge in [0.25, 0.3) is 10.0 Å². The van der Waals surface area contributed by atoms with E-state index in [-0.39, 0.29) is 29.1 Å². The topological polar surface area (TPSA) is 105 Å². The lowest BCUT2D eigenvalue weighted by Crippen LogP contribution is -2.52. The summed E-state index contributed by atoms with van der Waals surface area (Å²) in [4.78, 5) is 28.8. The van der Waals surface area contributed by atoms with Crippen molar-refractivity contribution in [1.29, 1.82) is 0 Å². The zero-order valence-corrected chi connectivity index (χ0v) is 24.5. The van der Waals surface area contributed by atoms with Gasteiger partial charge in [0.1, 0.15) is 12.6 Å². The van der Waals surface area contributed by atoms with Crippen molar-refractivity contribution in [3.05, 3.63) is 84.4 Å². The van der Waals surface area contributed by atoms with Crippen molar-refractivity contribution in [2.24, 2.45) is 0 Å². The second-order valence-corrected chi connectivity index (χ2v) is 11.9. The van der Waals surface area contributed by atoms with Crippen LogP contribution in [0.5, 0.6) is 11.5 Å². The fourth-order valence-electron chi connectivity index (χ4n) is 4.98. The van der Waals surface area contributed by atoms with E-state index in [1.807, 2.05) is 30.3 Å². The summed E-state index contributed by atoms with van der Waals surface area (Å²) in [6, 6.07) is 21.2. The molecule has 0 heterocycles. The number of nitrogens with zero attached hydrogens (tertiary/aromatic N) is 2. The average Bonchev–Trinajstić information content (AvgIpc) is 3.51. The molecule has 218 valence electrons. The van der Waals surface area contributed by atoms with Gasteiger partial charge in [0.15, 0.2) is 11.5 Å². The third-order valence-electron chi connectivity index (χ3n) is 7.33. The van der Waals surface area contributed by atoms with Gasteiger partial charge in [0, 0.05) is 18.7 Å². The molecule has 3 aromatic rings. The first-order valence-electron chi connectivity index (χ1n) is 13.7. The Morgan fingerprint density at radius 2 is 1.51 bits per heavy atom. The zero-order valence-electron chi connectivity index (χ0n) is 23.7. The smallest absolute Gasteiger partial charge is 0.264 e. The third-order valence-corrected chi connectivity index (χ3v) is 9.12. The number of nitrogens with one attached hydrogen (secondary N) is 1. The van der Waals surface area contributed by atoms with Crippen LogP contribution in [0.3, 0.4) is 0 Å². The molecule has 0 aliphatic heterocycles. The second-order valence-electron chi connectivity index (χ2n) is 10.0. The Labute approximate surface area is 242 Å². The molecule has 0 radical (unpaired) electrons. The van der Waals surface area contributed by atoms with Crippen molar-refractivity contribution in [1.82, 2.24) is 10.2 Å².